The second-order valence-electron chi connectivity index (χ2n) is 5.94. The molecule has 3 fully saturated rings. The molecule has 80 valence electrons. The SMILES string of the molecule is CC1(CN2CC3(CCCCO3)C2)CC1. The van der Waals surface area contributed by atoms with Crippen molar-refractivity contribution in [3.05, 3.63) is 0 Å². The Kier molecular flexibility index (Phi) is 1.94. The predicted molar refractivity (Wildman–Crippen MR) is 56.3 cm³/mol. The zero-order chi connectivity index (χ0) is 9.65. The van der Waals surface area contributed by atoms with Gasteiger partial charge in [-0.05, 0) is 37.5 Å². The third-order valence-corrected chi connectivity index (χ3v) is 4.17. The first-order valence-electron chi connectivity index (χ1n) is 6.06. The molecule has 0 radical (unpaired) electrons. The highest BCUT2D eigenvalue weighted by Crippen LogP contribution is 2.47. The average Bonchev–Trinajstić information content (AvgIpc) is 2.83. The number of hydrogen-bond acceptors (Lipinski definition) is 2. The highest BCUT2D eigenvalue weighted by molar-refractivity contribution is 5.02. The summed E-state index contributed by atoms with van der Waals surface area (Å²) < 4.78 is 5.92. The molecule has 2 aliphatic heterocycles. The Morgan fingerprint density at radius 3 is 2.50 bits per heavy atom. The maximum Gasteiger partial charge on any atom is 0.0934 e. The van der Waals surface area contributed by atoms with Crippen LogP contribution in [0.3, 0.4) is 0 Å². The zero-order valence-corrected chi connectivity index (χ0v) is 9.22. The van der Waals surface area contributed by atoms with E-state index in [0.29, 0.717) is 11.0 Å². The maximum atomic E-state index is 5.92. The third-order valence-electron chi connectivity index (χ3n) is 4.17. The van der Waals surface area contributed by atoms with E-state index in [9.17, 15) is 0 Å². The molecule has 2 heterocycles. The molecule has 0 amide bonds. The van der Waals surface area contributed by atoms with Gasteiger partial charge in [-0.1, -0.05) is 6.92 Å². The standard InChI is InChI=1S/C12H21NO/c1-11(5-6-11)8-13-9-12(10-13)4-2-3-7-14-12/h2-10H2,1H3. The van der Waals surface area contributed by atoms with Crippen LogP contribution in [-0.4, -0.2) is 36.7 Å². The molecule has 2 saturated heterocycles. The van der Waals surface area contributed by atoms with Crippen LogP contribution >= 0.6 is 0 Å². The predicted octanol–water partition coefficient (Wildman–Crippen LogP) is 2.04. The van der Waals surface area contributed by atoms with E-state index >= 15 is 0 Å². The van der Waals surface area contributed by atoms with Crippen LogP contribution < -0.4 is 0 Å². The third kappa shape index (κ3) is 1.59. The Labute approximate surface area is 86.6 Å². The molecule has 2 nitrogen and oxygen atoms in total. The molecule has 0 aromatic heterocycles. The lowest BCUT2D eigenvalue weighted by atomic mass is 9.85. The molecule has 3 aliphatic rings. The molecule has 1 aliphatic carbocycles. The van der Waals surface area contributed by atoms with E-state index in [0.717, 1.165) is 6.61 Å². The van der Waals surface area contributed by atoms with Crippen molar-refractivity contribution in [3.63, 3.8) is 0 Å². The molecule has 0 aromatic rings. The smallest absolute Gasteiger partial charge is 0.0934 e. The van der Waals surface area contributed by atoms with Crippen LogP contribution in [0.5, 0.6) is 0 Å². The molecule has 0 unspecified atom stereocenters. The van der Waals surface area contributed by atoms with Gasteiger partial charge in [0.1, 0.15) is 0 Å². The van der Waals surface area contributed by atoms with Crippen molar-refractivity contribution >= 4 is 0 Å². The monoisotopic (exact) mass is 195 g/mol. The van der Waals surface area contributed by atoms with Crippen LogP contribution in [0.15, 0.2) is 0 Å². The highest BCUT2D eigenvalue weighted by Gasteiger charge is 2.48. The van der Waals surface area contributed by atoms with Crippen molar-refractivity contribution in [2.75, 3.05) is 26.2 Å². The Morgan fingerprint density at radius 1 is 1.14 bits per heavy atom. The maximum absolute atomic E-state index is 5.92. The van der Waals surface area contributed by atoms with E-state index in [1.54, 1.807) is 0 Å². The second-order valence-corrected chi connectivity index (χ2v) is 5.94. The van der Waals surface area contributed by atoms with E-state index < -0.39 is 0 Å². The van der Waals surface area contributed by atoms with Gasteiger partial charge in [-0.25, -0.2) is 0 Å². The van der Waals surface area contributed by atoms with Gasteiger partial charge in [0.2, 0.25) is 0 Å². The van der Waals surface area contributed by atoms with E-state index in [2.05, 4.69) is 11.8 Å². The molecule has 0 bridgehead atoms. The molecule has 1 spiro atoms. The summed E-state index contributed by atoms with van der Waals surface area (Å²) in [7, 11) is 0. The first-order chi connectivity index (χ1) is 6.70. The normalized spacial score (nSPS) is 34.1. The summed E-state index contributed by atoms with van der Waals surface area (Å²) >= 11 is 0. The van der Waals surface area contributed by atoms with Crippen LogP contribution in [0.1, 0.15) is 39.0 Å². The summed E-state index contributed by atoms with van der Waals surface area (Å²) in [6.07, 6.45) is 6.85. The van der Waals surface area contributed by atoms with Gasteiger partial charge in [0.15, 0.2) is 0 Å². The van der Waals surface area contributed by atoms with Crippen LogP contribution in [0.25, 0.3) is 0 Å². The highest BCUT2D eigenvalue weighted by atomic mass is 16.5. The molecular formula is C12H21NO. The van der Waals surface area contributed by atoms with Gasteiger partial charge in [-0.15, -0.1) is 0 Å². The lowest BCUT2D eigenvalue weighted by molar-refractivity contribution is -0.169. The first kappa shape index (κ1) is 9.17. The molecule has 3 rings (SSSR count). The Balaban J connectivity index is 1.49. The van der Waals surface area contributed by atoms with E-state index in [1.165, 1.54) is 51.7 Å². The van der Waals surface area contributed by atoms with Gasteiger partial charge in [0.25, 0.3) is 0 Å². The summed E-state index contributed by atoms with van der Waals surface area (Å²) in [5.41, 5.74) is 0.972. The van der Waals surface area contributed by atoms with Crippen LogP contribution in [-0.2, 0) is 4.74 Å². The van der Waals surface area contributed by atoms with Crippen LogP contribution in [0.4, 0.5) is 0 Å². The Hall–Kier alpha value is -0.0800. The van der Waals surface area contributed by atoms with Crippen molar-refractivity contribution in [1.29, 1.82) is 0 Å². The van der Waals surface area contributed by atoms with Crippen LogP contribution in [0, 0.1) is 5.41 Å². The van der Waals surface area contributed by atoms with Gasteiger partial charge < -0.3 is 4.74 Å². The fourth-order valence-electron chi connectivity index (χ4n) is 2.95. The lowest BCUT2D eigenvalue weighted by Gasteiger charge is -2.52. The second kappa shape index (κ2) is 2.96. The lowest BCUT2D eigenvalue weighted by Crippen LogP contribution is -2.64. The van der Waals surface area contributed by atoms with Gasteiger partial charge in [-0.2, -0.15) is 0 Å². The number of hydrogen-bond donors (Lipinski definition) is 0. The number of rotatable bonds is 2. The van der Waals surface area contributed by atoms with Crippen molar-refractivity contribution < 1.29 is 4.74 Å². The minimum Gasteiger partial charge on any atom is -0.372 e. The summed E-state index contributed by atoms with van der Waals surface area (Å²) in [4.78, 5) is 2.60. The molecular weight excluding hydrogens is 174 g/mol. The molecule has 0 aromatic carbocycles. The first-order valence-corrected chi connectivity index (χ1v) is 6.06. The number of likely N-dealkylation sites (tertiary alicyclic amines) is 1. The quantitative estimate of drug-likeness (QED) is 0.668. The summed E-state index contributed by atoms with van der Waals surface area (Å²) in [6.45, 7) is 7.16. The zero-order valence-electron chi connectivity index (χ0n) is 9.22. The molecule has 1 saturated carbocycles. The van der Waals surface area contributed by atoms with Gasteiger partial charge in [0, 0.05) is 26.2 Å². The fourth-order valence-corrected chi connectivity index (χ4v) is 2.95. The molecule has 2 heteroatoms. The Morgan fingerprint density at radius 2 is 1.93 bits per heavy atom. The van der Waals surface area contributed by atoms with Crippen LogP contribution in [0.2, 0.25) is 0 Å². The van der Waals surface area contributed by atoms with Crippen molar-refractivity contribution in [1.82, 2.24) is 4.90 Å². The minimum absolute atomic E-state index is 0.295. The van der Waals surface area contributed by atoms with E-state index in [1.807, 2.05) is 0 Å². The molecule has 0 N–H and O–H groups in total. The number of nitrogens with zero attached hydrogens (tertiary/aromatic N) is 1. The van der Waals surface area contributed by atoms with Crippen molar-refractivity contribution in [2.24, 2.45) is 5.41 Å². The average molecular weight is 195 g/mol. The largest absolute Gasteiger partial charge is 0.372 e. The topological polar surface area (TPSA) is 12.5 Å². The van der Waals surface area contributed by atoms with E-state index in [-0.39, 0.29) is 0 Å². The van der Waals surface area contributed by atoms with Gasteiger partial charge >= 0.3 is 0 Å². The molecule has 0 atom stereocenters. The van der Waals surface area contributed by atoms with E-state index in [4.69, 9.17) is 4.74 Å². The summed E-state index contributed by atoms with van der Waals surface area (Å²) in [5.74, 6) is 0. The molecule has 14 heavy (non-hydrogen) atoms. The van der Waals surface area contributed by atoms with Crippen molar-refractivity contribution in [2.45, 2.75) is 44.6 Å². The summed E-state index contributed by atoms with van der Waals surface area (Å²) in [5, 5.41) is 0. The Bertz CT molecular complexity index is 220. The fraction of sp³-hybridized carbons (Fsp3) is 1.00. The summed E-state index contributed by atoms with van der Waals surface area (Å²) in [6, 6.07) is 0. The minimum atomic E-state index is 0.295. The van der Waals surface area contributed by atoms with Gasteiger partial charge in [-0.3, -0.25) is 4.90 Å². The number of ether oxygens (including phenoxy) is 1. The van der Waals surface area contributed by atoms with Crippen molar-refractivity contribution in [3.8, 4) is 0 Å². The van der Waals surface area contributed by atoms with Gasteiger partial charge in [0.05, 0.1) is 5.60 Å².